The third kappa shape index (κ3) is 3.87. The topological polar surface area (TPSA) is 67.4 Å². The van der Waals surface area contributed by atoms with Crippen molar-refractivity contribution in [3.63, 3.8) is 0 Å². The number of aryl methyl sites for hydroxylation is 2. The molecule has 2 amide bonds. The maximum absolute atomic E-state index is 12.5. The number of ether oxygens (including phenoxy) is 1. The highest BCUT2D eigenvalue weighted by molar-refractivity contribution is 6.04. The van der Waals surface area contributed by atoms with E-state index in [-0.39, 0.29) is 23.7 Å². The summed E-state index contributed by atoms with van der Waals surface area (Å²) < 4.78 is 5.29. The van der Waals surface area contributed by atoms with E-state index in [0.29, 0.717) is 17.9 Å². The highest BCUT2D eigenvalue weighted by atomic mass is 16.5. The summed E-state index contributed by atoms with van der Waals surface area (Å²) in [7, 11) is 1.57. The number of anilines is 2. The van der Waals surface area contributed by atoms with Crippen molar-refractivity contribution in [2.45, 2.75) is 26.7 Å². The van der Waals surface area contributed by atoms with Crippen molar-refractivity contribution in [1.29, 1.82) is 0 Å². The molecule has 0 bridgehead atoms. The lowest BCUT2D eigenvalue weighted by Crippen LogP contribution is -2.21. The van der Waals surface area contributed by atoms with Gasteiger partial charge in [0.25, 0.3) is 0 Å². The summed E-state index contributed by atoms with van der Waals surface area (Å²) in [5, 5.41) is 5.85. The van der Waals surface area contributed by atoms with E-state index >= 15 is 0 Å². The van der Waals surface area contributed by atoms with Gasteiger partial charge in [0.1, 0.15) is 5.75 Å². The van der Waals surface area contributed by atoms with Crippen molar-refractivity contribution >= 4 is 23.2 Å². The minimum atomic E-state index is -0.297. The van der Waals surface area contributed by atoms with E-state index in [1.165, 1.54) is 0 Å². The van der Waals surface area contributed by atoms with Crippen molar-refractivity contribution in [2.75, 3.05) is 17.7 Å². The van der Waals surface area contributed by atoms with Crippen LogP contribution in [-0.4, -0.2) is 18.9 Å². The first-order valence-corrected chi connectivity index (χ1v) is 8.87. The van der Waals surface area contributed by atoms with Crippen molar-refractivity contribution in [2.24, 2.45) is 11.8 Å². The Morgan fingerprint density at radius 1 is 1.04 bits per heavy atom. The molecule has 0 aromatic heterocycles. The second-order valence-corrected chi connectivity index (χ2v) is 6.64. The second-order valence-electron chi connectivity index (χ2n) is 6.64. The third-order valence-electron chi connectivity index (χ3n) is 4.73. The van der Waals surface area contributed by atoms with Gasteiger partial charge in [-0.2, -0.15) is 0 Å². The summed E-state index contributed by atoms with van der Waals surface area (Å²) in [5.41, 5.74) is 3.58. The maximum atomic E-state index is 12.5. The predicted octanol–water partition coefficient (Wildman–Crippen LogP) is 3.78. The molecule has 0 spiro atoms. The minimum absolute atomic E-state index is 0.0951. The second kappa shape index (κ2) is 7.60. The van der Waals surface area contributed by atoms with E-state index in [9.17, 15) is 9.59 Å². The molecular weight excluding hydrogens is 328 g/mol. The van der Waals surface area contributed by atoms with Crippen LogP contribution in [0.15, 0.2) is 42.5 Å². The quantitative estimate of drug-likeness (QED) is 0.831. The fraction of sp³-hybridized carbons (Fsp3) is 0.333. The molecule has 136 valence electrons. The number of carbonyl (C=O) groups excluding carboxylic acids is 2. The van der Waals surface area contributed by atoms with E-state index in [4.69, 9.17) is 4.74 Å². The molecule has 0 aliphatic heterocycles. The number of carbonyl (C=O) groups is 2. The van der Waals surface area contributed by atoms with Crippen LogP contribution in [0.5, 0.6) is 5.75 Å². The Bertz CT molecular complexity index is 832. The van der Waals surface area contributed by atoms with Crippen molar-refractivity contribution in [3.05, 3.63) is 53.6 Å². The molecule has 1 saturated carbocycles. The lowest BCUT2D eigenvalue weighted by molar-refractivity contribution is -0.122. The van der Waals surface area contributed by atoms with Gasteiger partial charge in [-0.25, -0.2) is 0 Å². The van der Waals surface area contributed by atoms with Crippen molar-refractivity contribution in [1.82, 2.24) is 0 Å². The van der Waals surface area contributed by atoms with Gasteiger partial charge in [0, 0.05) is 5.69 Å². The molecule has 0 saturated heterocycles. The van der Waals surface area contributed by atoms with E-state index < -0.39 is 0 Å². The van der Waals surface area contributed by atoms with Gasteiger partial charge < -0.3 is 15.4 Å². The average molecular weight is 352 g/mol. The Hall–Kier alpha value is -2.82. The van der Waals surface area contributed by atoms with Crippen LogP contribution in [0, 0.1) is 18.8 Å². The van der Waals surface area contributed by atoms with Crippen LogP contribution in [0.1, 0.15) is 24.5 Å². The van der Waals surface area contributed by atoms with Crippen molar-refractivity contribution in [3.8, 4) is 5.75 Å². The van der Waals surface area contributed by atoms with E-state index in [2.05, 4.69) is 10.6 Å². The Morgan fingerprint density at radius 2 is 1.69 bits per heavy atom. The fourth-order valence-corrected chi connectivity index (χ4v) is 3.10. The van der Waals surface area contributed by atoms with Crippen LogP contribution >= 0.6 is 0 Å². The Balaban J connectivity index is 1.62. The summed E-state index contributed by atoms with van der Waals surface area (Å²) in [4.78, 5) is 25.0. The molecule has 0 heterocycles. The Morgan fingerprint density at radius 3 is 2.35 bits per heavy atom. The zero-order valence-electron chi connectivity index (χ0n) is 15.3. The number of hydrogen-bond acceptors (Lipinski definition) is 3. The predicted molar refractivity (Wildman–Crippen MR) is 102 cm³/mol. The third-order valence-corrected chi connectivity index (χ3v) is 4.73. The van der Waals surface area contributed by atoms with Gasteiger partial charge in [-0.3, -0.25) is 9.59 Å². The molecule has 1 aliphatic carbocycles. The van der Waals surface area contributed by atoms with Gasteiger partial charge in [0.05, 0.1) is 24.6 Å². The molecular formula is C21H24N2O3. The zero-order chi connectivity index (χ0) is 18.7. The van der Waals surface area contributed by atoms with Crippen LogP contribution < -0.4 is 15.4 Å². The molecule has 5 nitrogen and oxygen atoms in total. The molecule has 2 atom stereocenters. The maximum Gasteiger partial charge on any atom is 0.228 e. The molecule has 1 fully saturated rings. The number of rotatable bonds is 6. The first-order chi connectivity index (χ1) is 12.5. The van der Waals surface area contributed by atoms with E-state index in [1.54, 1.807) is 7.11 Å². The van der Waals surface area contributed by atoms with Gasteiger partial charge in [-0.05, 0) is 49.1 Å². The number of hydrogen-bond donors (Lipinski definition) is 2. The summed E-state index contributed by atoms with van der Waals surface area (Å²) in [5.74, 6) is -0.202. The van der Waals surface area contributed by atoms with E-state index in [0.717, 1.165) is 23.2 Å². The van der Waals surface area contributed by atoms with Crippen LogP contribution in [0.25, 0.3) is 0 Å². The highest BCUT2D eigenvalue weighted by Gasteiger charge is 2.48. The van der Waals surface area contributed by atoms with E-state index in [1.807, 2.05) is 56.3 Å². The normalized spacial score (nSPS) is 18.1. The number of benzene rings is 2. The number of nitrogens with one attached hydrogen (secondary N) is 2. The minimum Gasteiger partial charge on any atom is -0.495 e. The SMILES string of the molecule is CCc1ccccc1NC(=O)C1CC1C(=O)Nc1cc(C)ccc1OC. The monoisotopic (exact) mass is 352 g/mol. The smallest absolute Gasteiger partial charge is 0.228 e. The summed E-state index contributed by atoms with van der Waals surface area (Å²) in [6.45, 7) is 4.00. The fourth-order valence-electron chi connectivity index (χ4n) is 3.10. The van der Waals surface area contributed by atoms with Gasteiger partial charge in [-0.1, -0.05) is 31.2 Å². The van der Waals surface area contributed by atoms with Crippen molar-refractivity contribution < 1.29 is 14.3 Å². The number of methoxy groups -OCH3 is 1. The molecule has 3 rings (SSSR count). The first-order valence-electron chi connectivity index (χ1n) is 8.87. The molecule has 1 aliphatic rings. The lowest BCUT2D eigenvalue weighted by atomic mass is 10.1. The first kappa shape index (κ1) is 18.0. The van der Waals surface area contributed by atoms with Gasteiger partial charge in [-0.15, -0.1) is 0 Å². The van der Waals surface area contributed by atoms with Crippen LogP contribution in [0.2, 0.25) is 0 Å². The van der Waals surface area contributed by atoms with Gasteiger partial charge >= 0.3 is 0 Å². The Labute approximate surface area is 153 Å². The molecule has 2 aromatic carbocycles. The van der Waals surface area contributed by atoms with Gasteiger partial charge in [0.15, 0.2) is 0 Å². The molecule has 0 radical (unpaired) electrons. The van der Waals surface area contributed by atoms with Crippen LogP contribution in [0.4, 0.5) is 11.4 Å². The van der Waals surface area contributed by atoms with Crippen LogP contribution in [-0.2, 0) is 16.0 Å². The number of amides is 2. The van der Waals surface area contributed by atoms with Gasteiger partial charge in [0.2, 0.25) is 11.8 Å². The van der Waals surface area contributed by atoms with Crippen LogP contribution in [0.3, 0.4) is 0 Å². The zero-order valence-corrected chi connectivity index (χ0v) is 15.3. The molecule has 2 N–H and O–H groups in total. The Kier molecular flexibility index (Phi) is 5.26. The lowest BCUT2D eigenvalue weighted by Gasteiger charge is -2.11. The largest absolute Gasteiger partial charge is 0.495 e. The highest BCUT2D eigenvalue weighted by Crippen LogP contribution is 2.41. The molecule has 2 aromatic rings. The molecule has 5 heteroatoms. The molecule has 2 unspecified atom stereocenters. The summed E-state index contributed by atoms with van der Waals surface area (Å²) in [6.07, 6.45) is 1.41. The summed E-state index contributed by atoms with van der Waals surface area (Å²) >= 11 is 0. The summed E-state index contributed by atoms with van der Waals surface area (Å²) in [6, 6.07) is 13.4. The average Bonchev–Trinajstić information content (AvgIpc) is 3.43. The standard InChI is InChI=1S/C21H24N2O3/c1-4-14-7-5-6-8-17(14)22-20(24)15-12-16(15)21(25)23-18-11-13(2)9-10-19(18)26-3/h5-11,15-16H,4,12H2,1-3H3,(H,22,24)(H,23,25). The number of para-hydroxylation sites is 1. The molecule has 26 heavy (non-hydrogen) atoms.